The molecule has 196 valence electrons. The first-order valence-electron chi connectivity index (χ1n) is 13.7. The summed E-state index contributed by atoms with van der Waals surface area (Å²) in [6.45, 7) is 3.06. The lowest BCUT2D eigenvalue weighted by Crippen LogP contribution is -2.41. The van der Waals surface area contributed by atoms with Gasteiger partial charge in [0, 0.05) is 36.8 Å². The molecule has 0 aliphatic carbocycles. The first kappa shape index (κ1) is 24.4. The molecule has 1 saturated heterocycles. The van der Waals surface area contributed by atoms with E-state index in [2.05, 4.69) is 41.4 Å². The maximum absolute atomic E-state index is 13.0. The van der Waals surface area contributed by atoms with Crippen molar-refractivity contribution in [3.63, 3.8) is 0 Å². The standard InChI is InChI=1S/C32H34N2O4/c35-32(22-38-29-5-2-1-4-27(29)26-10-9-25-12-15-33-28(25)21-26)34-16-13-23(14-17-34)6-7-24-8-11-30-31(20-24)37-19-3-18-36-30/h1-2,4-5,8-12,15,20-21,23,33H,3,6-7,13-14,16-19,22H2. The number of aromatic nitrogens is 1. The number of H-pyrrole nitrogens is 1. The van der Waals surface area contributed by atoms with Crippen molar-refractivity contribution in [2.75, 3.05) is 32.9 Å². The van der Waals surface area contributed by atoms with E-state index in [0.717, 1.165) is 79.1 Å². The van der Waals surface area contributed by atoms with Crippen LogP contribution in [0.4, 0.5) is 0 Å². The molecule has 1 aromatic heterocycles. The number of para-hydroxylation sites is 1. The fraction of sp³-hybridized carbons (Fsp3) is 0.344. The second kappa shape index (κ2) is 11.2. The molecule has 38 heavy (non-hydrogen) atoms. The van der Waals surface area contributed by atoms with E-state index in [-0.39, 0.29) is 12.5 Å². The number of benzene rings is 3. The van der Waals surface area contributed by atoms with Crippen molar-refractivity contribution in [1.29, 1.82) is 0 Å². The molecule has 0 atom stereocenters. The Bertz CT molecular complexity index is 1400. The van der Waals surface area contributed by atoms with Crippen LogP contribution >= 0.6 is 0 Å². The molecule has 4 aromatic rings. The highest BCUT2D eigenvalue weighted by molar-refractivity contribution is 5.86. The van der Waals surface area contributed by atoms with Crippen LogP contribution in [-0.2, 0) is 11.2 Å². The molecule has 0 bridgehead atoms. The van der Waals surface area contributed by atoms with Crippen LogP contribution < -0.4 is 14.2 Å². The number of carbonyl (C=O) groups excluding carboxylic acids is 1. The third-order valence-corrected chi connectivity index (χ3v) is 7.72. The lowest BCUT2D eigenvalue weighted by Gasteiger charge is -2.32. The van der Waals surface area contributed by atoms with E-state index in [9.17, 15) is 4.79 Å². The average molecular weight is 511 g/mol. The monoisotopic (exact) mass is 510 g/mol. The second-order valence-corrected chi connectivity index (χ2v) is 10.3. The van der Waals surface area contributed by atoms with Gasteiger partial charge in [-0.05, 0) is 78.4 Å². The van der Waals surface area contributed by atoms with Gasteiger partial charge in [-0.2, -0.15) is 0 Å². The van der Waals surface area contributed by atoms with Crippen LogP contribution in [0.3, 0.4) is 0 Å². The van der Waals surface area contributed by atoms with Gasteiger partial charge in [0.2, 0.25) is 0 Å². The predicted octanol–water partition coefficient (Wildman–Crippen LogP) is 6.25. The minimum absolute atomic E-state index is 0.0565. The summed E-state index contributed by atoms with van der Waals surface area (Å²) in [5.74, 6) is 3.13. The second-order valence-electron chi connectivity index (χ2n) is 10.3. The average Bonchev–Trinajstić information content (AvgIpc) is 3.31. The van der Waals surface area contributed by atoms with Gasteiger partial charge < -0.3 is 24.1 Å². The molecule has 1 fully saturated rings. The number of carbonyl (C=O) groups is 1. The molecule has 0 saturated carbocycles. The smallest absolute Gasteiger partial charge is 0.260 e. The van der Waals surface area contributed by atoms with Crippen molar-refractivity contribution >= 4 is 16.8 Å². The molecule has 1 N–H and O–H groups in total. The van der Waals surface area contributed by atoms with E-state index in [4.69, 9.17) is 14.2 Å². The molecule has 1 amide bonds. The summed E-state index contributed by atoms with van der Waals surface area (Å²) in [7, 11) is 0. The molecule has 6 rings (SSSR count). The van der Waals surface area contributed by atoms with Crippen LogP contribution in [0.15, 0.2) is 72.9 Å². The fourth-order valence-electron chi connectivity index (χ4n) is 5.48. The number of aromatic amines is 1. The Balaban J connectivity index is 0.998. The Morgan fingerprint density at radius 1 is 0.947 bits per heavy atom. The number of rotatable bonds is 7. The van der Waals surface area contributed by atoms with Gasteiger partial charge in [-0.1, -0.05) is 36.4 Å². The number of amides is 1. The van der Waals surface area contributed by atoms with Gasteiger partial charge in [0.05, 0.1) is 13.2 Å². The van der Waals surface area contributed by atoms with E-state index >= 15 is 0 Å². The molecular formula is C32H34N2O4. The minimum Gasteiger partial charge on any atom is -0.490 e. The van der Waals surface area contributed by atoms with Crippen LogP contribution in [0.1, 0.15) is 31.2 Å². The van der Waals surface area contributed by atoms with Gasteiger partial charge in [0.25, 0.3) is 5.91 Å². The van der Waals surface area contributed by atoms with Crippen molar-refractivity contribution in [2.24, 2.45) is 5.92 Å². The molecule has 3 heterocycles. The topological polar surface area (TPSA) is 63.8 Å². The number of nitrogens with zero attached hydrogens (tertiary/aromatic N) is 1. The van der Waals surface area contributed by atoms with Gasteiger partial charge in [-0.25, -0.2) is 0 Å². The third-order valence-electron chi connectivity index (χ3n) is 7.72. The van der Waals surface area contributed by atoms with Crippen LogP contribution in [0.5, 0.6) is 17.2 Å². The van der Waals surface area contributed by atoms with Gasteiger partial charge in [-0.15, -0.1) is 0 Å². The molecule has 0 unspecified atom stereocenters. The lowest BCUT2D eigenvalue weighted by molar-refractivity contribution is -0.134. The Morgan fingerprint density at radius 2 is 1.79 bits per heavy atom. The van der Waals surface area contributed by atoms with Crippen LogP contribution in [0, 0.1) is 5.92 Å². The number of piperidine rings is 1. The van der Waals surface area contributed by atoms with E-state index in [0.29, 0.717) is 19.1 Å². The van der Waals surface area contributed by atoms with Crippen molar-refractivity contribution in [3.8, 4) is 28.4 Å². The zero-order valence-electron chi connectivity index (χ0n) is 21.7. The molecule has 2 aliphatic rings. The highest BCUT2D eigenvalue weighted by atomic mass is 16.5. The summed E-state index contributed by atoms with van der Waals surface area (Å²) < 4.78 is 17.7. The Morgan fingerprint density at radius 3 is 2.68 bits per heavy atom. The number of hydrogen-bond acceptors (Lipinski definition) is 4. The van der Waals surface area contributed by atoms with Crippen LogP contribution in [0.2, 0.25) is 0 Å². The van der Waals surface area contributed by atoms with E-state index in [1.165, 1.54) is 10.9 Å². The largest absolute Gasteiger partial charge is 0.490 e. The van der Waals surface area contributed by atoms with Crippen LogP contribution in [0.25, 0.3) is 22.0 Å². The lowest BCUT2D eigenvalue weighted by atomic mass is 9.90. The molecule has 0 radical (unpaired) electrons. The highest BCUT2D eigenvalue weighted by Gasteiger charge is 2.23. The molecular weight excluding hydrogens is 476 g/mol. The third kappa shape index (κ3) is 5.49. The molecule has 6 nitrogen and oxygen atoms in total. The minimum atomic E-state index is 0.0565. The van der Waals surface area contributed by atoms with E-state index in [1.54, 1.807) is 0 Å². The molecule has 3 aromatic carbocycles. The Kier molecular flexibility index (Phi) is 7.20. The zero-order valence-corrected chi connectivity index (χ0v) is 21.7. The number of hydrogen-bond donors (Lipinski definition) is 1. The van der Waals surface area contributed by atoms with Crippen molar-refractivity contribution in [1.82, 2.24) is 9.88 Å². The normalized spacial score (nSPS) is 15.8. The maximum atomic E-state index is 13.0. The summed E-state index contributed by atoms with van der Waals surface area (Å²) >= 11 is 0. The van der Waals surface area contributed by atoms with E-state index < -0.39 is 0 Å². The Hall–Kier alpha value is -3.93. The molecule has 2 aliphatic heterocycles. The van der Waals surface area contributed by atoms with Crippen molar-refractivity contribution < 1.29 is 19.0 Å². The summed E-state index contributed by atoms with van der Waals surface area (Å²) in [4.78, 5) is 18.2. The van der Waals surface area contributed by atoms with Gasteiger partial charge in [0.1, 0.15) is 5.75 Å². The summed E-state index contributed by atoms with van der Waals surface area (Å²) in [6.07, 6.45) is 7.06. The summed E-state index contributed by atoms with van der Waals surface area (Å²) in [5.41, 5.74) is 4.43. The maximum Gasteiger partial charge on any atom is 0.260 e. The molecule has 6 heteroatoms. The highest BCUT2D eigenvalue weighted by Crippen LogP contribution is 2.33. The number of nitrogens with one attached hydrogen (secondary N) is 1. The van der Waals surface area contributed by atoms with Crippen molar-refractivity contribution in [2.45, 2.75) is 32.1 Å². The number of ether oxygens (including phenoxy) is 3. The van der Waals surface area contributed by atoms with Gasteiger partial charge >= 0.3 is 0 Å². The quantitative estimate of drug-likeness (QED) is 0.319. The van der Waals surface area contributed by atoms with Crippen molar-refractivity contribution in [3.05, 3.63) is 78.5 Å². The van der Waals surface area contributed by atoms with E-state index in [1.807, 2.05) is 41.4 Å². The number of likely N-dealkylation sites (tertiary alicyclic amines) is 1. The van der Waals surface area contributed by atoms with Gasteiger partial charge in [-0.3, -0.25) is 4.79 Å². The molecule has 0 spiro atoms. The van der Waals surface area contributed by atoms with Gasteiger partial charge in [0.15, 0.2) is 18.1 Å². The van der Waals surface area contributed by atoms with Crippen LogP contribution in [-0.4, -0.2) is 48.7 Å². The zero-order chi connectivity index (χ0) is 25.7. The SMILES string of the molecule is O=C(COc1ccccc1-c1ccc2cc[nH]c2c1)N1CCC(CCc2ccc3c(c2)OCCCO3)CC1. The predicted molar refractivity (Wildman–Crippen MR) is 149 cm³/mol. The Labute approximate surface area is 223 Å². The first-order chi connectivity index (χ1) is 18.7. The summed E-state index contributed by atoms with van der Waals surface area (Å²) in [5, 5.41) is 1.17. The fourth-order valence-corrected chi connectivity index (χ4v) is 5.48. The number of fused-ring (bicyclic) bond motifs is 2. The number of aryl methyl sites for hydroxylation is 1. The first-order valence-corrected chi connectivity index (χ1v) is 13.7. The summed E-state index contributed by atoms with van der Waals surface area (Å²) in [6, 6.07) is 22.6.